The molecule has 3 aromatic rings. The van der Waals surface area contributed by atoms with Gasteiger partial charge in [-0.15, -0.1) is 11.3 Å². The number of aryl methyl sites for hydroxylation is 4. The molecule has 0 bridgehead atoms. The summed E-state index contributed by atoms with van der Waals surface area (Å²) in [5, 5.41) is 4.09. The molecule has 0 unspecified atom stereocenters. The molecule has 0 radical (unpaired) electrons. The smallest absolute Gasteiger partial charge is 0.235 e. The van der Waals surface area contributed by atoms with E-state index in [0.29, 0.717) is 21.3 Å². The summed E-state index contributed by atoms with van der Waals surface area (Å²) in [5.74, 6) is -0.0822. The Balaban J connectivity index is 1.77. The number of nitrogens with one attached hydrogen (secondary N) is 1. The molecular formula is C22H23N3O2S2. The number of amides is 1. The predicted molar refractivity (Wildman–Crippen MR) is 119 cm³/mol. The van der Waals surface area contributed by atoms with Crippen LogP contribution in [0, 0.1) is 34.6 Å². The van der Waals surface area contributed by atoms with Gasteiger partial charge in [-0.3, -0.25) is 9.59 Å². The molecule has 150 valence electrons. The van der Waals surface area contributed by atoms with Gasteiger partial charge in [-0.2, -0.15) is 0 Å². The van der Waals surface area contributed by atoms with Crippen molar-refractivity contribution >= 4 is 39.8 Å². The zero-order valence-electron chi connectivity index (χ0n) is 17.1. The van der Waals surface area contributed by atoms with Crippen LogP contribution in [0.1, 0.15) is 43.3 Å². The molecule has 0 aliphatic rings. The maximum absolute atomic E-state index is 13.1. The van der Waals surface area contributed by atoms with Crippen molar-refractivity contribution in [1.29, 1.82) is 0 Å². The Morgan fingerprint density at radius 2 is 1.62 bits per heavy atom. The number of thiophene rings is 1. The van der Waals surface area contributed by atoms with Crippen molar-refractivity contribution in [2.45, 2.75) is 39.8 Å². The van der Waals surface area contributed by atoms with Gasteiger partial charge in [-0.1, -0.05) is 41.6 Å². The fraction of sp³-hybridized carbons (Fsp3) is 0.273. The van der Waals surface area contributed by atoms with Gasteiger partial charge in [0.2, 0.25) is 5.91 Å². The third-order valence-electron chi connectivity index (χ3n) is 4.47. The summed E-state index contributed by atoms with van der Waals surface area (Å²) in [5.41, 5.74) is 4.93. The van der Waals surface area contributed by atoms with Gasteiger partial charge >= 0.3 is 0 Å². The standard InChI is InChI=1S/C22H23N3O2S2/c1-12-6-8-17(9-7-12)20(27)19-15(4)16(5)29-21(19)25-18(26)11-28-22-23-13(2)10-14(3)24-22/h6-10H,11H2,1-5H3,(H,25,26). The highest BCUT2D eigenvalue weighted by Gasteiger charge is 2.22. The summed E-state index contributed by atoms with van der Waals surface area (Å²) in [4.78, 5) is 35.3. The lowest BCUT2D eigenvalue weighted by Crippen LogP contribution is -2.16. The van der Waals surface area contributed by atoms with Crippen molar-refractivity contribution in [3.63, 3.8) is 0 Å². The third-order valence-corrected chi connectivity index (χ3v) is 6.44. The lowest BCUT2D eigenvalue weighted by molar-refractivity contribution is -0.113. The minimum Gasteiger partial charge on any atom is -0.316 e. The lowest BCUT2D eigenvalue weighted by atomic mass is 10.0. The fourth-order valence-corrected chi connectivity index (χ4v) is 4.71. The molecule has 0 fully saturated rings. The van der Waals surface area contributed by atoms with Gasteiger partial charge in [-0.05, 0) is 46.2 Å². The quantitative estimate of drug-likeness (QED) is 0.340. The number of carbonyl (C=O) groups is 2. The van der Waals surface area contributed by atoms with Crippen LogP contribution in [0.2, 0.25) is 0 Å². The Kier molecular flexibility index (Phi) is 6.49. The van der Waals surface area contributed by atoms with Gasteiger partial charge in [0.25, 0.3) is 0 Å². The van der Waals surface area contributed by atoms with Crippen molar-refractivity contribution in [2.75, 3.05) is 11.1 Å². The van der Waals surface area contributed by atoms with Crippen molar-refractivity contribution in [3.05, 3.63) is 68.9 Å². The second kappa shape index (κ2) is 8.88. The number of hydrogen-bond donors (Lipinski definition) is 1. The van der Waals surface area contributed by atoms with Crippen LogP contribution in [0.4, 0.5) is 5.00 Å². The highest BCUT2D eigenvalue weighted by atomic mass is 32.2. The van der Waals surface area contributed by atoms with E-state index >= 15 is 0 Å². The van der Waals surface area contributed by atoms with Crippen molar-refractivity contribution in [2.24, 2.45) is 0 Å². The topological polar surface area (TPSA) is 72.0 Å². The molecule has 0 aliphatic heterocycles. The van der Waals surface area contributed by atoms with Crippen molar-refractivity contribution in [1.82, 2.24) is 9.97 Å². The molecule has 1 N–H and O–H groups in total. The highest BCUT2D eigenvalue weighted by molar-refractivity contribution is 7.99. The zero-order chi connectivity index (χ0) is 21.1. The molecule has 5 nitrogen and oxygen atoms in total. The average molecular weight is 426 g/mol. The van der Waals surface area contributed by atoms with Crippen LogP contribution in [0.3, 0.4) is 0 Å². The summed E-state index contributed by atoms with van der Waals surface area (Å²) in [6.07, 6.45) is 0. The second-order valence-electron chi connectivity index (χ2n) is 6.95. The van der Waals surface area contributed by atoms with Gasteiger partial charge < -0.3 is 5.32 Å². The van der Waals surface area contributed by atoms with Gasteiger partial charge in [0, 0.05) is 21.8 Å². The van der Waals surface area contributed by atoms with Crippen LogP contribution in [-0.2, 0) is 4.79 Å². The van der Waals surface area contributed by atoms with E-state index in [1.54, 1.807) is 0 Å². The minimum absolute atomic E-state index is 0.0764. The molecule has 0 saturated carbocycles. The van der Waals surface area contributed by atoms with Crippen LogP contribution >= 0.6 is 23.1 Å². The van der Waals surface area contributed by atoms with E-state index in [0.717, 1.165) is 27.4 Å². The summed E-state index contributed by atoms with van der Waals surface area (Å²) in [6, 6.07) is 9.37. The molecular weight excluding hydrogens is 402 g/mol. The van der Waals surface area contributed by atoms with Crippen LogP contribution in [0.25, 0.3) is 0 Å². The predicted octanol–water partition coefficient (Wildman–Crippen LogP) is 5.04. The van der Waals surface area contributed by atoms with E-state index in [2.05, 4.69) is 15.3 Å². The number of nitrogens with zero attached hydrogens (tertiary/aromatic N) is 2. The van der Waals surface area contributed by atoms with Crippen LogP contribution in [0.15, 0.2) is 35.5 Å². The monoisotopic (exact) mass is 425 g/mol. The molecule has 0 spiro atoms. The van der Waals surface area contributed by atoms with Crippen LogP contribution in [0.5, 0.6) is 0 Å². The van der Waals surface area contributed by atoms with Crippen molar-refractivity contribution < 1.29 is 9.59 Å². The molecule has 7 heteroatoms. The lowest BCUT2D eigenvalue weighted by Gasteiger charge is -2.08. The van der Waals surface area contributed by atoms with E-state index in [1.807, 2.05) is 65.0 Å². The minimum atomic E-state index is -0.183. The number of thioether (sulfide) groups is 1. The molecule has 1 aromatic carbocycles. The number of aromatic nitrogens is 2. The van der Waals surface area contributed by atoms with E-state index in [9.17, 15) is 9.59 Å². The molecule has 2 aromatic heterocycles. The molecule has 0 saturated heterocycles. The molecule has 2 heterocycles. The Morgan fingerprint density at radius 1 is 1.00 bits per heavy atom. The van der Waals surface area contributed by atoms with Crippen molar-refractivity contribution in [3.8, 4) is 0 Å². The second-order valence-corrected chi connectivity index (χ2v) is 9.12. The Morgan fingerprint density at radius 3 is 2.24 bits per heavy atom. The number of rotatable bonds is 6. The first-order chi connectivity index (χ1) is 13.7. The van der Waals surface area contributed by atoms with Gasteiger partial charge in [-0.25, -0.2) is 9.97 Å². The molecule has 3 rings (SSSR count). The Labute approximate surface area is 179 Å². The highest BCUT2D eigenvalue weighted by Crippen LogP contribution is 2.34. The van der Waals surface area contributed by atoms with Gasteiger partial charge in [0.15, 0.2) is 10.9 Å². The average Bonchev–Trinajstić information content (AvgIpc) is 2.93. The normalized spacial score (nSPS) is 10.8. The van der Waals surface area contributed by atoms with E-state index in [-0.39, 0.29) is 17.4 Å². The number of hydrogen-bond acceptors (Lipinski definition) is 6. The summed E-state index contributed by atoms with van der Waals surface area (Å²) < 4.78 is 0. The van der Waals surface area contributed by atoms with Crippen LogP contribution < -0.4 is 5.32 Å². The first kappa shape index (κ1) is 21.2. The van der Waals surface area contributed by atoms with Gasteiger partial charge in [0.05, 0.1) is 11.3 Å². The number of anilines is 1. The number of benzene rings is 1. The molecule has 0 atom stereocenters. The third kappa shape index (κ3) is 5.10. The maximum Gasteiger partial charge on any atom is 0.235 e. The van der Waals surface area contributed by atoms with E-state index < -0.39 is 0 Å². The number of carbonyl (C=O) groups excluding carboxylic acids is 2. The first-order valence-corrected chi connectivity index (χ1v) is 11.0. The summed E-state index contributed by atoms with van der Waals surface area (Å²) in [7, 11) is 0. The Bertz CT molecular complexity index is 1050. The first-order valence-electron chi connectivity index (χ1n) is 9.21. The maximum atomic E-state index is 13.1. The fourth-order valence-electron chi connectivity index (χ4n) is 2.89. The van der Waals surface area contributed by atoms with E-state index in [1.165, 1.54) is 23.1 Å². The summed E-state index contributed by atoms with van der Waals surface area (Å²) in [6.45, 7) is 9.66. The molecule has 0 aliphatic carbocycles. The van der Waals surface area contributed by atoms with E-state index in [4.69, 9.17) is 0 Å². The largest absolute Gasteiger partial charge is 0.316 e. The van der Waals surface area contributed by atoms with Gasteiger partial charge in [0.1, 0.15) is 5.00 Å². The summed E-state index contributed by atoms with van der Waals surface area (Å²) >= 11 is 2.71. The zero-order valence-corrected chi connectivity index (χ0v) is 18.8. The Hall–Kier alpha value is -2.51. The molecule has 29 heavy (non-hydrogen) atoms. The SMILES string of the molecule is Cc1ccc(C(=O)c2c(NC(=O)CSc3nc(C)cc(C)n3)sc(C)c2C)cc1. The van der Waals surface area contributed by atoms with Crippen LogP contribution in [-0.4, -0.2) is 27.4 Å². The molecule has 1 amide bonds. The number of ketones is 1.